The van der Waals surface area contributed by atoms with Crippen LogP contribution in [0.25, 0.3) is 0 Å². The third-order valence-electron chi connectivity index (χ3n) is 1.84. The summed E-state index contributed by atoms with van der Waals surface area (Å²) >= 11 is 0. The van der Waals surface area contributed by atoms with Crippen LogP contribution in [0.5, 0.6) is 0 Å². The SMILES string of the molecule is O=CO.c1ccc(Pc2ccccc2)cc1. The second-order valence-electron chi connectivity index (χ2n) is 2.96. The average Bonchev–Trinajstić information content (AvgIpc) is 2.33. The van der Waals surface area contributed by atoms with Gasteiger partial charge in [-0.2, -0.15) is 0 Å². The lowest BCUT2D eigenvalue weighted by atomic mass is 10.4. The maximum absolute atomic E-state index is 8.36. The molecule has 82 valence electrons. The van der Waals surface area contributed by atoms with Crippen LogP contribution in [0, 0.1) is 0 Å². The van der Waals surface area contributed by atoms with Gasteiger partial charge in [0.15, 0.2) is 0 Å². The summed E-state index contributed by atoms with van der Waals surface area (Å²) in [5.41, 5.74) is 0. The molecule has 0 heterocycles. The standard InChI is InChI=1S/C12H11P.CH2O2/c1-3-7-11(8-4-1)13-12-9-5-2-6-10-12;2-1-3/h1-10,13H;1H,(H,2,3). The van der Waals surface area contributed by atoms with Crippen LogP contribution in [0.2, 0.25) is 0 Å². The molecular formula is C13H13O2P. The van der Waals surface area contributed by atoms with E-state index in [1.54, 1.807) is 0 Å². The predicted octanol–water partition coefficient (Wildman–Crippen LogP) is 2.02. The van der Waals surface area contributed by atoms with Crippen LogP contribution >= 0.6 is 8.58 Å². The fourth-order valence-electron chi connectivity index (χ4n) is 1.21. The Hall–Kier alpha value is -1.66. The quantitative estimate of drug-likeness (QED) is 0.635. The Morgan fingerprint density at radius 3 is 1.44 bits per heavy atom. The molecule has 3 heteroatoms. The second kappa shape index (κ2) is 7.61. The molecule has 0 spiro atoms. The molecule has 0 aromatic heterocycles. The lowest BCUT2D eigenvalue weighted by Crippen LogP contribution is -2.01. The minimum atomic E-state index is -0.250. The number of carboxylic acid groups (broad SMARTS) is 1. The molecule has 0 aliphatic carbocycles. The molecule has 0 saturated heterocycles. The van der Waals surface area contributed by atoms with Gasteiger partial charge in [0.2, 0.25) is 0 Å². The van der Waals surface area contributed by atoms with Crippen LogP contribution in [-0.4, -0.2) is 11.6 Å². The van der Waals surface area contributed by atoms with Gasteiger partial charge in [-0.1, -0.05) is 69.2 Å². The van der Waals surface area contributed by atoms with Crippen molar-refractivity contribution in [1.82, 2.24) is 0 Å². The van der Waals surface area contributed by atoms with Crippen LogP contribution in [0.4, 0.5) is 0 Å². The van der Waals surface area contributed by atoms with Crippen molar-refractivity contribution in [3.63, 3.8) is 0 Å². The van der Waals surface area contributed by atoms with Crippen molar-refractivity contribution in [2.75, 3.05) is 0 Å². The molecule has 0 atom stereocenters. The van der Waals surface area contributed by atoms with E-state index in [9.17, 15) is 0 Å². The first-order chi connectivity index (χ1) is 7.86. The number of benzene rings is 2. The van der Waals surface area contributed by atoms with E-state index in [0.717, 1.165) is 8.58 Å². The van der Waals surface area contributed by atoms with Gasteiger partial charge >= 0.3 is 0 Å². The highest BCUT2D eigenvalue weighted by Gasteiger charge is 1.92. The zero-order chi connectivity index (χ0) is 11.6. The fraction of sp³-hybridized carbons (Fsp3) is 0. The van der Waals surface area contributed by atoms with E-state index in [0.29, 0.717) is 0 Å². The van der Waals surface area contributed by atoms with E-state index in [2.05, 4.69) is 60.7 Å². The van der Waals surface area contributed by atoms with E-state index in [1.807, 2.05) is 0 Å². The smallest absolute Gasteiger partial charge is 0.290 e. The normalized spacial score (nSPS) is 8.75. The van der Waals surface area contributed by atoms with Gasteiger partial charge in [0.05, 0.1) is 0 Å². The van der Waals surface area contributed by atoms with Gasteiger partial charge in [-0.15, -0.1) is 0 Å². The first-order valence-electron chi connectivity index (χ1n) is 4.82. The Labute approximate surface area is 96.7 Å². The predicted molar refractivity (Wildman–Crippen MR) is 69.2 cm³/mol. The molecule has 2 aromatic carbocycles. The molecular weight excluding hydrogens is 219 g/mol. The largest absolute Gasteiger partial charge is 0.483 e. The van der Waals surface area contributed by atoms with Crippen LogP contribution in [-0.2, 0) is 4.79 Å². The molecule has 0 aliphatic heterocycles. The van der Waals surface area contributed by atoms with E-state index >= 15 is 0 Å². The zero-order valence-electron chi connectivity index (χ0n) is 8.71. The first-order valence-corrected chi connectivity index (χ1v) is 5.82. The Morgan fingerprint density at radius 1 is 0.812 bits per heavy atom. The molecule has 2 aromatic rings. The van der Waals surface area contributed by atoms with Crippen molar-refractivity contribution >= 4 is 25.7 Å². The van der Waals surface area contributed by atoms with Gasteiger partial charge < -0.3 is 5.11 Å². The minimum Gasteiger partial charge on any atom is -0.483 e. The van der Waals surface area contributed by atoms with Crippen molar-refractivity contribution in [2.45, 2.75) is 0 Å². The molecule has 0 amide bonds. The Kier molecular flexibility index (Phi) is 5.90. The minimum absolute atomic E-state index is 0.250. The summed E-state index contributed by atoms with van der Waals surface area (Å²) < 4.78 is 0. The fourth-order valence-corrected chi connectivity index (χ4v) is 2.26. The Bertz CT molecular complexity index is 363. The molecule has 2 rings (SSSR count). The van der Waals surface area contributed by atoms with Crippen molar-refractivity contribution in [3.8, 4) is 0 Å². The summed E-state index contributed by atoms with van der Waals surface area (Å²) in [6, 6.07) is 21.2. The highest BCUT2D eigenvalue weighted by Crippen LogP contribution is 2.08. The number of hydrogen-bond donors (Lipinski definition) is 1. The van der Waals surface area contributed by atoms with E-state index < -0.39 is 0 Å². The number of carbonyl (C=O) groups is 1. The molecule has 2 nitrogen and oxygen atoms in total. The van der Waals surface area contributed by atoms with E-state index in [4.69, 9.17) is 9.90 Å². The highest BCUT2D eigenvalue weighted by atomic mass is 31.1. The molecule has 0 saturated carbocycles. The van der Waals surface area contributed by atoms with Crippen molar-refractivity contribution in [1.29, 1.82) is 0 Å². The van der Waals surface area contributed by atoms with Crippen molar-refractivity contribution < 1.29 is 9.90 Å². The van der Waals surface area contributed by atoms with Crippen molar-refractivity contribution in [3.05, 3.63) is 60.7 Å². The van der Waals surface area contributed by atoms with Gasteiger partial charge in [0.25, 0.3) is 6.47 Å². The molecule has 1 N–H and O–H groups in total. The maximum atomic E-state index is 8.36. The average molecular weight is 232 g/mol. The Morgan fingerprint density at radius 2 is 1.12 bits per heavy atom. The lowest BCUT2D eigenvalue weighted by Gasteiger charge is -2.00. The van der Waals surface area contributed by atoms with Gasteiger partial charge in [-0.05, 0) is 10.6 Å². The lowest BCUT2D eigenvalue weighted by molar-refractivity contribution is -0.122. The maximum Gasteiger partial charge on any atom is 0.290 e. The molecule has 0 bridgehead atoms. The van der Waals surface area contributed by atoms with Gasteiger partial charge in [0, 0.05) is 0 Å². The monoisotopic (exact) mass is 232 g/mol. The zero-order valence-corrected chi connectivity index (χ0v) is 9.71. The van der Waals surface area contributed by atoms with Gasteiger partial charge in [-0.3, -0.25) is 4.79 Å². The van der Waals surface area contributed by atoms with Crippen LogP contribution in [0.1, 0.15) is 0 Å². The Balaban J connectivity index is 0.000000386. The van der Waals surface area contributed by atoms with E-state index in [-0.39, 0.29) is 6.47 Å². The summed E-state index contributed by atoms with van der Waals surface area (Å²) in [4.78, 5) is 8.36. The number of hydrogen-bond acceptors (Lipinski definition) is 1. The van der Waals surface area contributed by atoms with E-state index in [1.165, 1.54) is 10.6 Å². The summed E-state index contributed by atoms with van der Waals surface area (Å²) in [6.07, 6.45) is 0. The molecule has 0 fully saturated rings. The molecule has 0 unspecified atom stereocenters. The summed E-state index contributed by atoms with van der Waals surface area (Å²) in [7, 11) is 0.777. The molecule has 0 aliphatic rings. The van der Waals surface area contributed by atoms with Crippen LogP contribution in [0.3, 0.4) is 0 Å². The third-order valence-corrected chi connectivity index (χ3v) is 3.08. The summed E-state index contributed by atoms with van der Waals surface area (Å²) in [5, 5.41) is 9.68. The molecule has 16 heavy (non-hydrogen) atoms. The van der Waals surface area contributed by atoms with Gasteiger partial charge in [-0.25, -0.2) is 0 Å². The third kappa shape index (κ3) is 4.72. The second-order valence-corrected chi connectivity index (χ2v) is 4.37. The topological polar surface area (TPSA) is 37.3 Å². The number of rotatable bonds is 2. The first kappa shape index (κ1) is 12.4. The van der Waals surface area contributed by atoms with Crippen molar-refractivity contribution in [2.24, 2.45) is 0 Å². The highest BCUT2D eigenvalue weighted by molar-refractivity contribution is 7.55. The van der Waals surface area contributed by atoms with Crippen LogP contribution in [0.15, 0.2) is 60.7 Å². The van der Waals surface area contributed by atoms with Gasteiger partial charge in [0.1, 0.15) is 0 Å². The summed E-state index contributed by atoms with van der Waals surface area (Å²) in [6.45, 7) is -0.250. The van der Waals surface area contributed by atoms with Crippen LogP contribution < -0.4 is 10.6 Å². The molecule has 0 radical (unpaired) electrons. The summed E-state index contributed by atoms with van der Waals surface area (Å²) in [5.74, 6) is 0.